The van der Waals surface area contributed by atoms with Crippen LogP contribution in [0.1, 0.15) is 155 Å². The van der Waals surface area contributed by atoms with Gasteiger partial charge in [-0.25, -0.2) is 41.5 Å². The molecular weight excluding hydrogens is 2000 g/mol. The topological polar surface area (TPSA) is 270 Å². The van der Waals surface area contributed by atoms with Gasteiger partial charge in [-0.15, -0.1) is 0 Å². The number of aromatic nitrogens is 5. The van der Waals surface area contributed by atoms with Crippen molar-refractivity contribution in [3.05, 3.63) is 353 Å². The number of ether oxygens (including phenoxy) is 5. The Bertz CT molecular complexity index is 6900. The van der Waals surface area contributed by atoms with Crippen LogP contribution in [0.15, 0.2) is 230 Å². The van der Waals surface area contributed by atoms with Crippen molar-refractivity contribution >= 4 is 166 Å². The van der Waals surface area contributed by atoms with E-state index in [0.29, 0.717) is 81.7 Å². The lowest BCUT2D eigenvalue weighted by atomic mass is 9.92. The van der Waals surface area contributed by atoms with E-state index in [1.807, 2.05) is 129 Å². The molecule has 692 valence electrons. The van der Waals surface area contributed by atoms with E-state index in [-0.39, 0.29) is 48.7 Å². The third kappa shape index (κ3) is 20.1. The van der Waals surface area contributed by atoms with E-state index in [1.54, 1.807) is 35.8 Å². The number of nitrogens with one attached hydrogen (secondary N) is 5. The zero-order valence-electron chi connectivity index (χ0n) is 73.8. The summed E-state index contributed by atoms with van der Waals surface area (Å²) in [5.41, 5.74) is 18.8. The molecular formula is C102H94Br4ClF4N11O12. The number of benzene rings is 10. The smallest absolute Gasteiger partial charge is 0.410 e. The van der Waals surface area contributed by atoms with E-state index in [0.717, 1.165) is 155 Å². The molecule has 10 heterocycles. The molecule has 5 aromatic heterocycles. The number of carbonyl (C=O) groups is 5. The Morgan fingerprint density at radius 3 is 1.11 bits per heavy atom. The lowest BCUT2D eigenvalue weighted by Gasteiger charge is -2.35. The molecule has 5 aliphatic rings. The Balaban J connectivity index is 0.000000122. The highest BCUT2D eigenvalue weighted by atomic mass is 79.9. The van der Waals surface area contributed by atoms with Crippen LogP contribution in [-0.4, -0.2) is 151 Å². The number of methoxy groups -OCH3 is 1. The van der Waals surface area contributed by atoms with Gasteiger partial charge in [0.2, 0.25) is 0 Å². The average Bonchev–Trinajstić information content (AvgIpc) is 1.60. The summed E-state index contributed by atoms with van der Waals surface area (Å²) in [4.78, 5) is 99.1. The van der Waals surface area contributed by atoms with Gasteiger partial charge in [-0.05, 0) is 230 Å². The van der Waals surface area contributed by atoms with Crippen LogP contribution in [0, 0.1) is 39.3 Å². The number of nitrogens with zero attached hydrogens (tertiary/aromatic N) is 6. The molecule has 0 saturated carbocycles. The van der Waals surface area contributed by atoms with Crippen LogP contribution in [0.2, 0.25) is 5.02 Å². The molecule has 0 aliphatic carbocycles. The van der Waals surface area contributed by atoms with Crippen molar-refractivity contribution in [2.75, 3.05) is 66.3 Å². The summed E-state index contributed by atoms with van der Waals surface area (Å²) in [5, 5.41) is 17.2. The standard InChI is InChI=1S/C22H23BrN2O2.C21H20ClN3O4.2C20H17BrF2N2O2.C19H17BrN2O2/c1-14(2)13-27-22(26)25-11-10-17-18-12-16(23)8-9-19(18)24-20(17)21(25)15-6-4-3-5-7-15;1-2-11-29-21(26)24-10-9-16-17-12-14(22)5-8-18(17)23-19(16)20(24)13-3-6-15(7-4-13)25(27)28;1-2-27-20(26)25-8-7-13-15-9-11(21)3-6-17(15)24-18(13)19(25)14-5-4-12(22)10-16(14)23;1-2-27-20(26)25-6-5-15-16-9-12(21)3-4-17(16)24-18(15)19(25)11-7-13(22)10-14(23)8-11;1-24-19(23)22-10-9-14-15-11-13(20)7-8-16(15)21-17(14)18(22)12-5-3-2-4-6-12/h3-9,12,14,21,24H,10-11,13H2,1-2H3;3-8,12,20,23H,2,9-11H2,1H3;3-6,9-10,19,24H,2,7-8H2,1H3;3-4,7-10,19,24H,2,5-6H2,1H3;2-8,11,18,21H,9-10H2,1H3. The molecule has 0 fully saturated rings. The van der Waals surface area contributed by atoms with Gasteiger partial charge in [-0.1, -0.05) is 163 Å². The highest BCUT2D eigenvalue weighted by molar-refractivity contribution is 9.11. The second kappa shape index (κ2) is 41.6. The maximum absolute atomic E-state index is 14.6. The minimum Gasteiger partial charge on any atom is -0.453 e. The minimum absolute atomic E-state index is 0.00770. The predicted molar refractivity (Wildman–Crippen MR) is 522 cm³/mol. The van der Waals surface area contributed by atoms with Crippen LogP contribution >= 0.6 is 75.3 Å². The van der Waals surface area contributed by atoms with Gasteiger partial charge in [0, 0.05) is 168 Å². The van der Waals surface area contributed by atoms with Crippen LogP contribution in [0.3, 0.4) is 0 Å². The Morgan fingerprint density at radius 2 is 0.746 bits per heavy atom. The van der Waals surface area contributed by atoms with Crippen LogP contribution < -0.4 is 0 Å². The third-order valence-corrected chi connectivity index (χ3v) is 26.6. The van der Waals surface area contributed by atoms with Crippen molar-refractivity contribution in [1.82, 2.24) is 49.4 Å². The number of hydrogen-bond donors (Lipinski definition) is 5. The fourth-order valence-electron chi connectivity index (χ4n) is 18.6. The van der Waals surface area contributed by atoms with Gasteiger partial charge in [0.1, 0.15) is 53.5 Å². The first kappa shape index (κ1) is 94.8. The van der Waals surface area contributed by atoms with Gasteiger partial charge in [-0.2, -0.15) is 0 Å². The Kier molecular flexibility index (Phi) is 29.4. The molecule has 5 unspecified atom stereocenters. The molecule has 5 atom stereocenters. The van der Waals surface area contributed by atoms with Gasteiger partial charge in [-0.3, -0.25) is 34.6 Å². The molecule has 20 rings (SSSR count). The van der Waals surface area contributed by atoms with Crippen LogP contribution in [0.4, 0.5) is 47.2 Å². The maximum Gasteiger partial charge on any atom is 0.410 e. The number of nitro benzene ring substituents is 1. The van der Waals surface area contributed by atoms with Gasteiger partial charge < -0.3 is 48.6 Å². The van der Waals surface area contributed by atoms with Crippen LogP contribution in [0.5, 0.6) is 0 Å². The monoisotopic (exact) mass is 2090 g/mol. The molecule has 0 radical (unpaired) electrons. The number of fused-ring (bicyclic) bond motifs is 15. The zero-order valence-corrected chi connectivity index (χ0v) is 80.9. The average molecular weight is 2100 g/mol. The van der Waals surface area contributed by atoms with Gasteiger partial charge in [0.25, 0.3) is 5.69 Å². The second-order valence-corrected chi connectivity index (χ2v) is 37.4. The first-order valence-corrected chi connectivity index (χ1v) is 47.6. The summed E-state index contributed by atoms with van der Waals surface area (Å²) in [6, 6.07) is 61.1. The quantitative estimate of drug-likeness (QED) is 0.0331. The summed E-state index contributed by atoms with van der Waals surface area (Å²) in [7, 11) is 1.43. The summed E-state index contributed by atoms with van der Waals surface area (Å²) in [5.74, 6) is -2.40. The van der Waals surface area contributed by atoms with E-state index in [9.17, 15) is 51.6 Å². The minimum atomic E-state index is -0.709. The molecule has 0 saturated heterocycles. The van der Waals surface area contributed by atoms with Crippen molar-refractivity contribution in [2.24, 2.45) is 5.92 Å². The molecule has 5 N–H and O–H groups in total. The molecule has 5 aliphatic heterocycles. The van der Waals surface area contributed by atoms with Gasteiger partial charge >= 0.3 is 30.5 Å². The summed E-state index contributed by atoms with van der Waals surface area (Å²) < 4.78 is 86.2. The van der Waals surface area contributed by atoms with Crippen molar-refractivity contribution in [3.63, 3.8) is 0 Å². The van der Waals surface area contributed by atoms with E-state index in [2.05, 4.69) is 137 Å². The number of hydrogen-bond acceptors (Lipinski definition) is 12. The number of H-pyrrole nitrogens is 5. The predicted octanol–water partition coefficient (Wildman–Crippen LogP) is 26.2. The molecule has 10 aromatic carbocycles. The Labute approximate surface area is 807 Å². The highest BCUT2D eigenvalue weighted by Crippen LogP contribution is 2.47. The fraction of sp³-hybridized carbons (Fsp3) is 0.265. The molecule has 0 spiro atoms. The third-order valence-electron chi connectivity index (χ3n) is 24.4. The Hall–Kier alpha value is -12.4. The lowest BCUT2D eigenvalue weighted by Crippen LogP contribution is -2.41. The number of amides is 5. The molecule has 15 aromatic rings. The number of carbonyl (C=O) groups excluding carboxylic acids is 5. The van der Waals surface area contributed by atoms with Crippen molar-refractivity contribution in [2.45, 2.75) is 103 Å². The molecule has 5 amide bonds. The SMILES string of the molecule is CC(C)COC(=O)N1CCc2c([nH]c3ccc(Br)cc23)C1c1ccccc1.CCCOC(=O)N1CCc2c([nH]c3ccc(Cl)cc23)C1c1ccc([N+](=O)[O-])cc1.CCOC(=O)N1CCc2c([nH]c3ccc(Br)cc23)C1c1cc(F)cc(F)c1.CCOC(=O)N1CCc2c([nH]c3ccc(Br)cc23)C1c1ccc(F)cc1F.COC(=O)N1CCc2c([nH]c3ccc(Br)cc23)C1c1ccccc1. The van der Waals surface area contributed by atoms with E-state index < -0.39 is 64.6 Å². The number of aromatic amines is 5. The normalized spacial score (nSPS) is 16.4. The van der Waals surface area contributed by atoms with Gasteiger partial charge in [0.15, 0.2) is 0 Å². The maximum atomic E-state index is 14.6. The van der Waals surface area contributed by atoms with Crippen molar-refractivity contribution in [3.8, 4) is 0 Å². The molecule has 23 nitrogen and oxygen atoms in total. The zero-order chi connectivity index (χ0) is 94.4. The molecule has 32 heteroatoms. The van der Waals surface area contributed by atoms with E-state index in [4.69, 9.17) is 35.3 Å². The summed E-state index contributed by atoms with van der Waals surface area (Å²) in [6.07, 6.45) is 2.31. The number of rotatable bonds is 12. The highest BCUT2D eigenvalue weighted by Gasteiger charge is 2.42. The first-order valence-electron chi connectivity index (χ1n) is 44.0. The van der Waals surface area contributed by atoms with Crippen molar-refractivity contribution < 1.29 is 70.1 Å². The fourth-order valence-corrected chi connectivity index (χ4v) is 20.2. The van der Waals surface area contributed by atoms with Gasteiger partial charge in [0.05, 0.1) is 38.5 Å². The molecule has 134 heavy (non-hydrogen) atoms. The number of halogens is 9. The van der Waals surface area contributed by atoms with E-state index in [1.165, 1.54) is 75.2 Å². The number of non-ortho nitro benzene ring substituents is 1. The summed E-state index contributed by atoms with van der Waals surface area (Å²) >= 11 is 20.3. The number of nitro groups is 1. The first-order chi connectivity index (χ1) is 64.7. The summed E-state index contributed by atoms with van der Waals surface area (Å²) in [6.45, 7) is 13.3. The largest absolute Gasteiger partial charge is 0.453 e. The van der Waals surface area contributed by atoms with Crippen molar-refractivity contribution in [1.29, 1.82) is 0 Å². The lowest BCUT2D eigenvalue weighted by molar-refractivity contribution is -0.384. The van der Waals surface area contributed by atoms with E-state index >= 15 is 0 Å². The van der Waals surface area contributed by atoms with Crippen LogP contribution in [-0.2, 0) is 55.8 Å². The van der Waals surface area contributed by atoms with Crippen LogP contribution in [0.25, 0.3) is 54.5 Å². The second-order valence-electron chi connectivity index (χ2n) is 33.3. The Morgan fingerprint density at radius 1 is 0.403 bits per heavy atom. The molecule has 0 bridgehead atoms.